The van der Waals surface area contributed by atoms with E-state index in [0.717, 1.165) is 38.0 Å². The lowest BCUT2D eigenvalue weighted by Gasteiger charge is -2.27. The number of amides is 1. The number of carbonyl (C=O) groups excluding carboxylic acids is 1. The van der Waals surface area contributed by atoms with E-state index in [2.05, 4.69) is 9.71 Å². The molecule has 1 amide bonds. The molecular weight excluding hydrogens is 451 g/mol. The Labute approximate surface area is 191 Å². The van der Waals surface area contributed by atoms with Crippen LogP contribution in [-0.2, 0) is 21.4 Å². The van der Waals surface area contributed by atoms with Crippen LogP contribution < -0.4 is 4.72 Å². The zero-order valence-electron chi connectivity index (χ0n) is 18.0. The molecule has 3 heterocycles. The number of nitrogens with one attached hydrogen (secondary N) is 1. The Kier molecular flexibility index (Phi) is 6.34. The van der Waals surface area contributed by atoms with Gasteiger partial charge in [0.15, 0.2) is 0 Å². The first-order valence-corrected chi connectivity index (χ1v) is 12.8. The fourth-order valence-electron chi connectivity index (χ4n) is 3.75. The molecule has 1 N–H and O–H groups in total. The number of hydrogen-bond acceptors (Lipinski definition) is 5. The topological polar surface area (TPSA) is 84.3 Å². The van der Waals surface area contributed by atoms with E-state index in [0.29, 0.717) is 22.0 Å². The van der Waals surface area contributed by atoms with Crippen molar-refractivity contribution in [1.82, 2.24) is 14.5 Å². The Morgan fingerprint density at radius 3 is 2.59 bits per heavy atom. The van der Waals surface area contributed by atoms with Crippen LogP contribution in [0.4, 0.5) is 10.1 Å². The van der Waals surface area contributed by atoms with Crippen LogP contribution in [0, 0.1) is 19.7 Å². The molecule has 0 spiro atoms. The molecule has 0 bridgehead atoms. The number of nitrogens with zero attached hydrogens (tertiary/aromatic N) is 3. The number of aryl methyl sites for hydroxylation is 2. The average molecular weight is 477 g/mol. The highest BCUT2D eigenvalue weighted by atomic mass is 32.2. The van der Waals surface area contributed by atoms with Gasteiger partial charge in [-0.1, -0.05) is 0 Å². The van der Waals surface area contributed by atoms with Gasteiger partial charge in [0, 0.05) is 30.4 Å². The van der Waals surface area contributed by atoms with Crippen molar-refractivity contribution in [3.05, 3.63) is 52.9 Å². The highest BCUT2D eigenvalue weighted by Gasteiger charge is 2.24. The van der Waals surface area contributed by atoms with Gasteiger partial charge in [0.2, 0.25) is 5.91 Å². The van der Waals surface area contributed by atoms with Gasteiger partial charge in [-0.3, -0.25) is 9.52 Å². The number of aromatic nitrogens is 2. The summed E-state index contributed by atoms with van der Waals surface area (Å²) in [4.78, 5) is 19.2. The predicted molar refractivity (Wildman–Crippen MR) is 123 cm³/mol. The third kappa shape index (κ3) is 4.86. The third-order valence-corrected chi connectivity index (χ3v) is 7.78. The summed E-state index contributed by atoms with van der Waals surface area (Å²) in [6.07, 6.45) is 4.55. The third-order valence-electron chi connectivity index (χ3n) is 5.47. The van der Waals surface area contributed by atoms with Gasteiger partial charge < -0.3 is 9.47 Å². The molecule has 0 radical (unpaired) electrons. The predicted octanol–water partition coefficient (Wildman–Crippen LogP) is 4.18. The van der Waals surface area contributed by atoms with Crippen molar-refractivity contribution in [3.63, 3.8) is 0 Å². The molecule has 32 heavy (non-hydrogen) atoms. The van der Waals surface area contributed by atoms with Gasteiger partial charge in [0.1, 0.15) is 22.3 Å². The first kappa shape index (κ1) is 22.5. The van der Waals surface area contributed by atoms with Crippen LogP contribution >= 0.6 is 11.3 Å². The summed E-state index contributed by atoms with van der Waals surface area (Å²) >= 11 is 1.40. The van der Waals surface area contributed by atoms with Crippen LogP contribution in [-0.4, -0.2) is 41.9 Å². The van der Waals surface area contributed by atoms with E-state index < -0.39 is 15.8 Å². The fourth-order valence-corrected chi connectivity index (χ4v) is 5.74. The lowest BCUT2D eigenvalue weighted by molar-refractivity contribution is -0.132. The number of benzene rings is 1. The van der Waals surface area contributed by atoms with Crippen LogP contribution in [0.1, 0.15) is 30.5 Å². The zero-order chi connectivity index (χ0) is 22.9. The van der Waals surface area contributed by atoms with Gasteiger partial charge in [-0.25, -0.2) is 17.8 Å². The minimum Gasteiger partial charge on any atom is -0.341 e. The van der Waals surface area contributed by atoms with E-state index >= 15 is 0 Å². The van der Waals surface area contributed by atoms with Gasteiger partial charge in [0.25, 0.3) is 10.0 Å². The van der Waals surface area contributed by atoms with Crippen molar-refractivity contribution >= 4 is 33.0 Å². The number of thiazole rings is 1. The SMILES string of the molecule is Cc1csc(-c2cc(S(=O)(=O)Nc3ccc(F)cc3C)cn2CC(=O)N2CCCCC2)n1. The van der Waals surface area contributed by atoms with Gasteiger partial charge in [0.05, 0.1) is 11.4 Å². The second-order valence-electron chi connectivity index (χ2n) is 7.99. The largest absolute Gasteiger partial charge is 0.341 e. The molecule has 1 aliphatic heterocycles. The van der Waals surface area contributed by atoms with E-state index in [1.165, 1.54) is 41.8 Å². The molecule has 1 aromatic carbocycles. The Morgan fingerprint density at radius 1 is 1.19 bits per heavy atom. The number of rotatable bonds is 6. The van der Waals surface area contributed by atoms with Crippen LogP contribution in [0.3, 0.4) is 0 Å². The first-order valence-electron chi connectivity index (χ1n) is 10.4. The molecule has 2 aromatic heterocycles. The molecule has 170 valence electrons. The number of anilines is 1. The van der Waals surface area contributed by atoms with E-state index in [1.54, 1.807) is 11.5 Å². The maximum atomic E-state index is 13.4. The minimum atomic E-state index is -3.95. The fraction of sp³-hybridized carbons (Fsp3) is 0.364. The van der Waals surface area contributed by atoms with Crippen LogP contribution in [0.15, 0.2) is 40.7 Å². The summed E-state index contributed by atoms with van der Waals surface area (Å²) in [6.45, 7) is 4.99. The van der Waals surface area contributed by atoms with E-state index in [9.17, 15) is 17.6 Å². The smallest absolute Gasteiger partial charge is 0.263 e. The molecule has 4 rings (SSSR count). The van der Waals surface area contributed by atoms with Crippen LogP contribution in [0.25, 0.3) is 10.7 Å². The van der Waals surface area contributed by atoms with E-state index in [1.807, 2.05) is 17.2 Å². The normalized spacial score (nSPS) is 14.5. The monoisotopic (exact) mass is 476 g/mol. The molecule has 10 heteroatoms. The second kappa shape index (κ2) is 9.03. The van der Waals surface area contributed by atoms with Gasteiger partial charge in [-0.2, -0.15) is 0 Å². The average Bonchev–Trinajstić information content (AvgIpc) is 3.37. The molecule has 0 saturated carbocycles. The van der Waals surface area contributed by atoms with Gasteiger partial charge in [-0.05, 0) is 62.9 Å². The van der Waals surface area contributed by atoms with Crippen LogP contribution in [0.2, 0.25) is 0 Å². The van der Waals surface area contributed by atoms with Crippen LogP contribution in [0.5, 0.6) is 0 Å². The van der Waals surface area contributed by atoms with Crippen molar-refractivity contribution in [3.8, 4) is 10.7 Å². The maximum Gasteiger partial charge on any atom is 0.263 e. The summed E-state index contributed by atoms with van der Waals surface area (Å²) in [6, 6.07) is 5.40. The van der Waals surface area contributed by atoms with Gasteiger partial charge in [-0.15, -0.1) is 11.3 Å². The van der Waals surface area contributed by atoms with Crippen molar-refractivity contribution in [1.29, 1.82) is 0 Å². The number of halogens is 1. The molecule has 0 aliphatic carbocycles. The molecular formula is C22H25FN4O3S2. The molecule has 3 aromatic rings. The maximum absolute atomic E-state index is 13.4. The Bertz CT molecular complexity index is 1240. The number of sulfonamides is 1. The van der Waals surface area contributed by atoms with E-state index in [4.69, 9.17) is 0 Å². The Hall–Kier alpha value is -2.72. The van der Waals surface area contributed by atoms with Crippen molar-refractivity contribution in [2.24, 2.45) is 0 Å². The highest BCUT2D eigenvalue weighted by molar-refractivity contribution is 7.92. The summed E-state index contributed by atoms with van der Waals surface area (Å²) in [5, 5.41) is 2.53. The minimum absolute atomic E-state index is 0.0236. The molecule has 7 nitrogen and oxygen atoms in total. The van der Waals surface area contributed by atoms with E-state index in [-0.39, 0.29) is 17.3 Å². The number of piperidine rings is 1. The van der Waals surface area contributed by atoms with Crippen molar-refractivity contribution in [2.75, 3.05) is 17.8 Å². The quantitative estimate of drug-likeness (QED) is 0.578. The lowest BCUT2D eigenvalue weighted by atomic mass is 10.1. The standard InChI is InChI=1S/C22H25FN4O3S2/c1-15-10-17(23)6-7-19(15)25-32(29,30)18-11-20(22-24-16(2)14-31-22)27(12-18)13-21(28)26-8-4-3-5-9-26/h6-7,10-12,14,25H,3-5,8-9,13H2,1-2H3. The Morgan fingerprint density at radius 2 is 1.94 bits per heavy atom. The first-order chi connectivity index (χ1) is 15.2. The Balaban J connectivity index is 1.67. The van der Waals surface area contributed by atoms with Crippen molar-refractivity contribution in [2.45, 2.75) is 44.6 Å². The summed E-state index contributed by atoms with van der Waals surface area (Å²) in [7, 11) is -3.95. The number of likely N-dealkylation sites (tertiary alicyclic amines) is 1. The molecule has 1 fully saturated rings. The second-order valence-corrected chi connectivity index (χ2v) is 10.5. The van der Waals surface area contributed by atoms with Gasteiger partial charge >= 0.3 is 0 Å². The summed E-state index contributed by atoms with van der Waals surface area (Å²) < 4.78 is 43.8. The highest BCUT2D eigenvalue weighted by Crippen LogP contribution is 2.29. The molecule has 0 unspecified atom stereocenters. The summed E-state index contributed by atoms with van der Waals surface area (Å²) in [5.41, 5.74) is 2.17. The summed E-state index contributed by atoms with van der Waals surface area (Å²) in [5.74, 6) is -0.477. The molecule has 0 atom stereocenters. The number of carbonyl (C=O) groups is 1. The molecule has 1 aliphatic rings. The number of hydrogen-bond donors (Lipinski definition) is 1. The molecule has 1 saturated heterocycles. The lowest BCUT2D eigenvalue weighted by Crippen LogP contribution is -2.37. The van der Waals surface area contributed by atoms with Crippen molar-refractivity contribution < 1.29 is 17.6 Å². The zero-order valence-corrected chi connectivity index (χ0v) is 19.6.